The van der Waals surface area contributed by atoms with E-state index < -0.39 is 0 Å². The molecule has 0 aromatic rings. The lowest BCUT2D eigenvalue weighted by atomic mass is 9.59. The first kappa shape index (κ1) is 13.1. The molecule has 2 nitrogen and oxygen atoms in total. The quantitative estimate of drug-likeness (QED) is 0.761. The minimum atomic E-state index is 0.0677. The molecule has 17 heavy (non-hydrogen) atoms. The third kappa shape index (κ3) is 2.43. The van der Waals surface area contributed by atoms with Gasteiger partial charge in [0.25, 0.3) is 0 Å². The first-order valence-corrected chi connectivity index (χ1v) is 6.90. The smallest absolute Gasteiger partial charge is 0.0688 e. The van der Waals surface area contributed by atoms with Crippen molar-refractivity contribution in [2.45, 2.75) is 58.5 Å². The number of fused-ring (bicyclic) bond motifs is 3. The summed E-state index contributed by atoms with van der Waals surface area (Å²) in [5, 5.41) is 9.58. The van der Waals surface area contributed by atoms with Gasteiger partial charge >= 0.3 is 0 Å². The van der Waals surface area contributed by atoms with E-state index in [1.54, 1.807) is 0 Å². The van der Waals surface area contributed by atoms with Crippen LogP contribution in [0.3, 0.4) is 0 Å². The topological polar surface area (TPSA) is 29.5 Å². The summed E-state index contributed by atoms with van der Waals surface area (Å²) in [7, 11) is 0. The number of ether oxygens (including phenoxy) is 1. The number of hydrogen-bond acceptors (Lipinski definition) is 2. The summed E-state index contributed by atoms with van der Waals surface area (Å²) in [5.74, 6) is 0.599. The van der Waals surface area contributed by atoms with Gasteiger partial charge in [0.1, 0.15) is 0 Å². The first-order valence-electron chi connectivity index (χ1n) is 6.90. The van der Waals surface area contributed by atoms with Crippen molar-refractivity contribution in [2.75, 3.05) is 13.2 Å². The molecule has 3 fully saturated rings. The van der Waals surface area contributed by atoms with Crippen LogP contribution < -0.4 is 0 Å². The molecule has 0 unspecified atom stereocenters. The molecular formula is C15H26O2. The monoisotopic (exact) mass is 238 g/mol. The average Bonchev–Trinajstić information content (AvgIpc) is 2.30. The summed E-state index contributed by atoms with van der Waals surface area (Å²) in [5.41, 5.74) is 1.58. The number of rotatable bonds is 4. The lowest BCUT2D eigenvalue weighted by Gasteiger charge is -2.56. The summed E-state index contributed by atoms with van der Waals surface area (Å²) in [4.78, 5) is 0. The summed E-state index contributed by atoms with van der Waals surface area (Å²) in [6, 6.07) is 0. The zero-order valence-corrected chi connectivity index (χ0v) is 11.5. The third-order valence-corrected chi connectivity index (χ3v) is 4.94. The Bertz CT molecular complexity index is 294. The molecule has 0 aromatic heterocycles. The molecule has 3 rings (SSSR count). The van der Waals surface area contributed by atoms with Crippen LogP contribution in [0, 0.1) is 11.3 Å². The molecule has 2 heterocycles. The van der Waals surface area contributed by atoms with Crippen molar-refractivity contribution in [1.82, 2.24) is 0 Å². The summed E-state index contributed by atoms with van der Waals surface area (Å²) in [6.45, 7) is 7.64. The van der Waals surface area contributed by atoms with E-state index in [1.807, 2.05) is 0 Å². The first-order chi connectivity index (χ1) is 8.02. The molecule has 1 aliphatic carbocycles. The Kier molecular flexibility index (Phi) is 3.65. The van der Waals surface area contributed by atoms with Gasteiger partial charge in [0.2, 0.25) is 0 Å². The highest BCUT2D eigenvalue weighted by molar-refractivity contribution is 5.04. The van der Waals surface area contributed by atoms with Crippen LogP contribution in [0.2, 0.25) is 0 Å². The fraction of sp³-hybridized carbons (Fsp3) is 0.867. The van der Waals surface area contributed by atoms with Crippen molar-refractivity contribution in [3.63, 3.8) is 0 Å². The Morgan fingerprint density at radius 2 is 2.18 bits per heavy atom. The highest BCUT2D eigenvalue weighted by Gasteiger charge is 2.53. The van der Waals surface area contributed by atoms with Gasteiger partial charge in [-0.1, -0.05) is 18.6 Å². The van der Waals surface area contributed by atoms with Crippen molar-refractivity contribution < 1.29 is 9.84 Å². The summed E-state index contributed by atoms with van der Waals surface area (Å²) in [6.07, 6.45) is 7.98. The van der Waals surface area contributed by atoms with E-state index in [9.17, 15) is 5.11 Å². The second kappa shape index (κ2) is 4.74. The fourth-order valence-corrected chi connectivity index (χ4v) is 3.45. The van der Waals surface area contributed by atoms with Crippen molar-refractivity contribution in [3.8, 4) is 0 Å². The van der Waals surface area contributed by atoms with Crippen LogP contribution in [0.5, 0.6) is 0 Å². The van der Waals surface area contributed by atoms with Crippen molar-refractivity contribution in [2.24, 2.45) is 11.3 Å². The van der Waals surface area contributed by atoms with Gasteiger partial charge in [0, 0.05) is 5.41 Å². The van der Waals surface area contributed by atoms with Gasteiger partial charge in [-0.15, -0.1) is 0 Å². The molecule has 0 aromatic carbocycles. The van der Waals surface area contributed by atoms with Crippen molar-refractivity contribution >= 4 is 0 Å². The second-order valence-electron chi connectivity index (χ2n) is 6.42. The van der Waals surface area contributed by atoms with Crippen molar-refractivity contribution in [1.29, 1.82) is 0 Å². The van der Waals surface area contributed by atoms with Crippen LogP contribution in [0.1, 0.15) is 52.9 Å². The second-order valence-corrected chi connectivity index (χ2v) is 6.42. The maximum Gasteiger partial charge on any atom is 0.0688 e. The van der Waals surface area contributed by atoms with Crippen LogP contribution in [0.15, 0.2) is 11.6 Å². The number of aliphatic hydroxyl groups is 1. The van der Waals surface area contributed by atoms with Gasteiger partial charge in [-0.25, -0.2) is 0 Å². The molecule has 0 spiro atoms. The lowest BCUT2D eigenvalue weighted by molar-refractivity contribution is -0.220. The number of aliphatic hydroxyl groups excluding tert-OH is 1. The Morgan fingerprint density at radius 1 is 1.41 bits per heavy atom. The molecule has 2 aliphatic heterocycles. The molecule has 3 atom stereocenters. The molecule has 3 aliphatic rings. The van der Waals surface area contributed by atoms with E-state index in [0.717, 1.165) is 38.7 Å². The molecule has 1 saturated carbocycles. The Morgan fingerprint density at radius 3 is 2.65 bits per heavy atom. The summed E-state index contributed by atoms with van der Waals surface area (Å²) >= 11 is 0. The Hall–Kier alpha value is -0.340. The average molecular weight is 238 g/mol. The van der Waals surface area contributed by atoms with E-state index in [4.69, 9.17) is 4.74 Å². The normalized spacial score (nSPS) is 40.4. The van der Waals surface area contributed by atoms with Gasteiger partial charge in [0.15, 0.2) is 0 Å². The van der Waals surface area contributed by atoms with E-state index >= 15 is 0 Å². The van der Waals surface area contributed by atoms with Gasteiger partial charge < -0.3 is 9.84 Å². The maximum absolute atomic E-state index is 9.58. The molecule has 2 saturated heterocycles. The zero-order chi connectivity index (χ0) is 12.5. The maximum atomic E-state index is 9.58. The Labute approximate surface area is 105 Å². The predicted molar refractivity (Wildman–Crippen MR) is 69.9 cm³/mol. The van der Waals surface area contributed by atoms with Gasteiger partial charge in [-0.3, -0.25) is 0 Å². The molecule has 2 heteroatoms. The molecule has 0 amide bonds. The van der Waals surface area contributed by atoms with Gasteiger partial charge in [0.05, 0.1) is 18.8 Å². The van der Waals surface area contributed by atoms with Crippen LogP contribution in [-0.4, -0.2) is 23.9 Å². The summed E-state index contributed by atoms with van der Waals surface area (Å²) < 4.78 is 6.12. The molecule has 2 bridgehead atoms. The molecule has 1 N–H and O–H groups in total. The predicted octanol–water partition coefficient (Wildman–Crippen LogP) is 3.30. The van der Waals surface area contributed by atoms with Crippen LogP contribution >= 0.6 is 0 Å². The minimum Gasteiger partial charge on any atom is -0.396 e. The van der Waals surface area contributed by atoms with Gasteiger partial charge in [-0.05, 0) is 51.9 Å². The number of allylic oxidation sites excluding steroid dienone is 2. The highest BCUT2D eigenvalue weighted by atomic mass is 16.5. The third-order valence-electron chi connectivity index (χ3n) is 4.94. The van der Waals surface area contributed by atoms with E-state index in [1.165, 1.54) is 5.57 Å². The van der Waals surface area contributed by atoms with Crippen LogP contribution in [0.4, 0.5) is 0 Å². The van der Waals surface area contributed by atoms with Crippen LogP contribution in [0.25, 0.3) is 0 Å². The van der Waals surface area contributed by atoms with E-state index in [-0.39, 0.29) is 17.6 Å². The highest BCUT2D eigenvalue weighted by Crippen LogP contribution is 2.53. The fourth-order valence-electron chi connectivity index (χ4n) is 3.45. The zero-order valence-electron chi connectivity index (χ0n) is 11.5. The molecular weight excluding hydrogens is 212 g/mol. The van der Waals surface area contributed by atoms with Gasteiger partial charge in [-0.2, -0.15) is 0 Å². The Balaban J connectivity index is 1.98. The van der Waals surface area contributed by atoms with E-state index in [0.29, 0.717) is 5.92 Å². The molecule has 0 radical (unpaired) electrons. The van der Waals surface area contributed by atoms with Crippen LogP contribution in [-0.2, 0) is 4.74 Å². The number of hydrogen-bond donors (Lipinski definition) is 1. The SMILES string of the molecule is CC(C)=CCC[C@@]12CC[C@@](CO)(CO1)[C@@H](C)C2. The molecule has 98 valence electrons. The lowest BCUT2D eigenvalue weighted by Crippen LogP contribution is -2.56. The van der Waals surface area contributed by atoms with E-state index in [2.05, 4.69) is 26.8 Å². The van der Waals surface area contributed by atoms with Crippen molar-refractivity contribution in [3.05, 3.63) is 11.6 Å². The largest absolute Gasteiger partial charge is 0.396 e. The standard InChI is InChI=1S/C15H26O2/c1-12(2)5-4-6-15-8-7-14(10-16,11-17-15)13(3)9-15/h5,13,16H,4,6-11H2,1-3H3/t13-,14+,15-/m0/s1. The minimum absolute atomic E-state index is 0.0677.